The number of carbonyl (C=O) groups excluding carboxylic acids is 2. The third kappa shape index (κ3) is 7.87. The zero-order valence-corrected chi connectivity index (χ0v) is 21.8. The average molecular weight is 570 g/mol. The molecule has 2 atom stereocenters. The Kier molecular flexibility index (Phi) is 9.94. The van der Waals surface area contributed by atoms with E-state index in [1.165, 1.54) is 0 Å². The van der Waals surface area contributed by atoms with Crippen LogP contribution >= 0.6 is 22.6 Å². The van der Waals surface area contributed by atoms with Crippen molar-refractivity contribution in [3.05, 3.63) is 99.6 Å². The van der Waals surface area contributed by atoms with Gasteiger partial charge in [-0.15, -0.1) is 0 Å². The summed E-state index contributed by atoms with van der Waals surface area (Å²) < 4.78 is 6.89. The minimum Gasteiger partial charge on any atom is -0.484 e. The maximum absolute atomic E-state index is 13.5. The lowest BCUT2D eigenvalue weighted by molar-refractivity contribution is -0.143. The minimum absolute atomic E-state index is 0.0162. The van der Waals surface area contributed by atoms with E-state index < -0.39 is 6.04 Å². The fourth-order valence-electron chi connectivity index (χ4n) is 3.53. The lowest BCUT2D eigenvalue weighted by Crippen LogP contribution is -2.53. The van der Waals surface area contributed by atoms with Gasteiger partial charge in [0.2, 0.25) is 5.91 Å². The van der Waals surface area contributed by atoms with Gasteiger partial charge in [-0.25, -0.2) is 0 Å². The molecule has 6 heteroatoms. The van der Waals surface area contributed by atoms with Gasteiger partial charge in [0.1, 0.15) is 11.8 Å². The van der Waals surface area contributed by atoms with Crippen LogP contribution in [0.2, 0.25) is 0 Å². The van der Waals surface area contributed by atoms with Crippen LogP contribution in [0.3, 0.4) is 0 Å². The molecule has 0 fully saturated rings. The van der Waals surface area contributed by atoms with Gasteiger partial charge < -0.3 is 15.0 Å². The van der Waals surface area contributed by atoms with E-state index >= 15 is 0 Å². The van der Waals surface area contributed by atoms with Crippen molar-refractivity contribution in [3.63, 3.8) is 0 Å². The summed E-state index contributed by atoms with van der Waals surface area (Å²) in [7, 11) is 0. The van der Waals surface area contributed by atoms with Crippen LogP contribution in [0.15, 0.2) is 84.9 Å². The topological polar surface area (TPSA) is 58.6 Å². The highest BCUT2D eigenvalue weighted by molar-refractivity contribution is 14.1. The molecule has 3 aromatic rings. The lowest BCUT2D eigenvalue weighted by Gasteiger charge is -2.32. The molecule has 3 aromatic carbocycles. The van der Waals surface area contributed by atoms with Crippen molar-refractivity contribution in [1.29, 1.82) is 0 Å². The van der Waals surface area contributed by atoms with Crippen LogP contribution in [0.25, 0.3) is 0 Å². The molecule has 0 saturated heterocycles. The largest absolute Gasteiger partial charge is 0.484 e. The predicted molar refractivity (Wildman–Crippen MR) is 143 cm³/mol. The number of nitrogens with zero attached hydrogens (tertiary/aromatic N) is 1. The summed E-state index contributed by atoms with van der Waals surface area (Å²) in [4.78, 5) is 28.6. The average Bonchev–Trinajstić information content (AvgIpc) is 2.86. The number of hydrogen-bond acceptors (Lipinski definition) is 3. The molecule has 0 aromatic heterocycles. The highest BCUT2D eigenvalue weighted by Gasteiger charge is 2.31. The summed E-state index contributed by atoms with van der Waals surface area (Å²) in [5, 5.41) is 3.08. The molecule has 0 aliphatic carbocycles. The molecule has 2 amide bonds. The Morgan fingerprint density at radius 3 is 2.09 bits per heavy atom. The molecule has 0 saturated carbocycles. The predicted octanol–water partition coefficient (Wildman–Crippen LogP) is 5.22. The van der Waals surface area contributed by atoms with Crippen LogP contribution in [0.5, 0.6) is 5.75 Å². The smallest absolute Gasteiger partial charge is 0.261 e. The molecular weight excluding hydrogens is 539 g/mol. The van der Waals surface area contributed by atoms with E-state index in [1.807, 2.05) is 98.8 Å². The first-order valence-corrected chi connectivity index (χ1v) is 12.6. The number of nitrogens with one attached hydrogen (secondary N) is 1. The minimum atomic E-state index is -0.663. The summed E-state index contributed by atoms with van der Waals surface area (Å²) in [6.45, 7) is 4.18. The number of benzene rings is 3. The second-order valence-corrected chi connectivity index (χ2v) is 9.52. The quantitative estimate of drug-likeness (QED) is 0.322. The van der Waals surface area contributed by atoms with Gasteiger partial charge >= 0.3 is 0 Å². The second-order valence-electron chi connectivity index (χ2n) is 8.27. The van der Waals surface area contributed by atoms with Gasteiger partial charge in [-0.1, -0.05) is 67.6 Å². The number of hydrogen-bond donors (Lipinski definition) is 1. The van der Waals surface area contributed by atoms with Crippen molar-refractivity contribution in [2.24, 2.45) is 0 Å². The Labute approximate surface area is 215 Å². The van der Waals surface area contributed by atoms with E-state index in [0.29, 0.717) is 18.7 Å². The third-order valence-corrected chi connectivity index (χ3v) is 6.36. The van der Waals surface area contributed by atoms with E-state index in [4.69, 9.17) is 4.74 Å². The van der Waals surface area contributed by atoms with Crippen molar-refractivity contribution in [2.45, 2.75) is 45.3 Å². The summed E-state index contributed by atoms with van der Waals surface area (Å²) >= 11 is 2.22. The highest BCUT2D eigenvalue weighted by Crippen LogP contribution is 2.17. The van der Waals surface area contributed by atoms with Gasteiger partial charge in [-0.2, -0.15) is 0 Å². The van der Waals surface area contributed by atoms with Crippen LogP contribution in [0.1, 0.15) is 31.4 Å². The molecule has 1 N–H and O–H groups in total. The first-order chi connectivity index (χ1) is 16.5. The highest BCUT2D eigenvalue weighted by atomic mass is 127. The Hall–Kier alpha value is -2.87. The Balaban J connectivity index is 1.88. The molecule has 34 heavy (non-hydrogen) atoms. The molecule has 0 heterocycles. The maximum Gasteiger partial charge on any atom is 0.261 e. The molecule has 0 radical (unpaired) electrons. The molecular formula is C28H31IN2O3. The van der Waals surface area contributed by atoms with Crippen molar-refractivity contribution >= 4 is 34.4 Å². The molecule has 0 aliphatic heterocycles. The number of ether oxygens (including phenoxy) is 1. The fraction of sp³-hybridized carbons (Fsp3) is 0.286. The summed E-state index contributed by atoms with van der Waals surface area (Å²) in [5.41, 5.74) is 1.95. The fourth-order valence-corrected chi connectivity index (χ4v) is 3.89. The van der Waals surface area contributed by atoms with Crippen LogP contribution in [-0.4, -0.2) is 35.4 Å². The zero-order chi connectivity index (χ0) is 24.3. The van der Waals surface area contributed by atoms with Gasteiger partial charge in [0.15, 0.2) is 6.61 Å². The van der Waals surface area contributed by atoms with E-state index in [1.54, 1.807) is 4.90 Å². The monoisotopic (exact) mass is 570 g/mol. The summed E-state index contributed by atoms with van der Waals surface area (Å²) in [6, 6.07) is 26.4. The zero-order valence-electron chi connectivity index (χ0n) is 19.6. The standard InChI is InChI=1S/C28H31IN2O3/c1-3-21(2)30-28(33)26(18-22-10-6-4-7-11-22)31(19-23-12-8-5-9-13-23)27(32)20-34-25-16-14-24(29)15-17-25/h4-17,21,26H,3,18-20H2,1-2H3,(H,30,33). The summed E-state index contributed by atoms with van der Waals surface area (Å²) in [5.74, 6) is 0.233. The second kappa shape index (κ2) is 13.1. The van der Waals surface area contributed by atoms with Gasteiger partial charge in [-0.3, -0.25) is 9.59 Å². The van der Waals surface area contributed by atoms with Crippen LogP contribution in [0.4, 0.5) is 0 Å². The summed E-state index contributed by atoms with van der Waals surface area (Å²) in [6.07, 6.45) is 1.23. The SMILES string of the molecule is CCC(C)NC(=O)C(Cc1ccccc1)N(Cc1ccccc1)C(=O)COc1ccc(I)cc1. The van der Waals surface area contributed by atoms with Crippen LogP contribution < -0.4 is 10.1 Å². The third-order valence-electron chi connectivity index (χ3n) is 5.64. The van der Waals surface area contributed by atoms with Gasteiger partial charge in [0.05, 0.1) is 0 Å². The molecule has 0 bridgehead atoms. The number of halogens is 1. The van der Waals surface area contributed by atoms with Crippen LogP contribution in [-0.2, 0) is 22.6 Å². The van der Waals surface area contributed by atoms with E-state index in [0.717, 1.165) is 21.1 Å². The van der Waals surface area contributed by atoms with Crippen molar-refractivity contribution in [3.8, 4) is 5.75 Å². The van der Waals surface area contributed by atoms with E-state index in [2.05, 4.69) is 27.9 Å². The van der Waals surface area contributed by atoms with Gasteiger partial charge in [-0.05, 0) is 71.3 Å². The molecule has 5 nitrogen and oxygen atoms in total. The van der Waals surface area contributed by atoms with Crippen molar-refractivity contribution < 1.29 is 14.3 Å². The first-order valence-electron chi connectivity index (χ1n) is 11.5. The Morgan fingerprint density at radius 1 is 0.912 bits per heavy atom. The lowest BCUT2D eigenvalue weighted by atomic mass is 10.0. The van der Waals surface area contributed by atoms with Crippen molar-refractivity contribution in [2.75, 3.05) is 6.61 Å². The molecule has 3 rings (SSSR count). The maximum atomic E-state index is 13.5. The van der Waals surface area contributed by atoms with Crippen molar-refractivity contribution in [1.82, 2.24) is 10.2 Å². The van der Waals surface area contributed by atoms with Gasteiger partial charge in [0, 0.05) is 22.6 Å². The Bertz CT molecular complexity index is 1040. The first kappa shape index (κ1) is 25.7. The molecule has 2 unspecified atom stereocenters. The Morgan fingerprint density at radius 2 is 1.50 bits per heavy atom. The molecule has 0 aliphatic rings. The van der Waals surface area contributed by atoms with Crippen LogP contribution in [0, 0.1) is 3.57 Å². The normalized spacial score (nSPS) is 12.4. The van der Waals surface area contributed by atoms with E-state index in [-0.39, 0.29) is 24.5 Å². The number of carbonyl (C=O) groups is 2. The number of amides is 2. The molecule has 178 valence electrons. The van der Waals surface area contributed by atoms with E-state index in [9.17, 15) is 9.59 Å². The molecule has 0 spiro atoms. The van der Waals surface area contributed by atoms with Gasteiger partial charge in [0.25, 0.3) is 5.91 Å². The number of rotatable bonds is 11.